The van der Waals surface area contributed by atoms with Crippen LogP contribution in [0.25, 0.3) is 0 Å². The number of nitrogens with zero attached hydrogens (tertiary/aromatic N) is 3. The van der Waals surface area contributed by atoms with Crippen molar-refractivity contribution in [3.05, 3.63) is 11.1 Å². The molecular weight excluding hydrogens is 252 g/mol. The van der Waals surface area contributed by atoms with E-state index in [0.29, 0.717) is 10.8 Å². The molecule has 0 radical (unpaired) electrons. The SMILES string of the molecule is NC(N)=Nc1nc(CN=CNS(=O)O)cs1. The van der Waals surface area contributed by atoms with E-state index in [0.717, 1.165) is 6.34 Å². The molecule has 10 heteroatoms. The molecule has 1 rings (SSSR count). The molecule has 6 N–H and O–H groups in total. The average molecular weight is 262 g/mol. The van der Waals surface area contributed by atoms with Gasteiger partial charge >= 0.3 is 0 Å². The fourth-order valence-electron chi connectivity index (χ4n) is 0.752. The summed E-state index contributed by atoms with van der Waals surface area (Å²) >= 11 is -0.818. The normalized spacial score (nSPS) is 12.6. The van der Waals surface area contributed by atoms with Gasteiger partial charge in [-0.1, -0.05) is 0 Å². The molecule has 1 heterocycles. The summed E-state index contributed by atoms with van der Waals surface area (Å²) in [5, 5.41) is 2.19. The number of hydrogen-bond acceptors (Lipinski definition) is 5. The second-order valence-electron chi connectivity index (χ2n) is 2.49. The lowest BCUT2D eigenvalue weighted by Crippen LogP contribution is -2.21. The maximum Gasteiger partial charge on any atom is 0.259 e. The summed E-state index contributed by atoms with van der Waals surface area (Å²) in [5.41, 5.74) is 11.0. The third-order valence-corrected chi connectivity index (χ3v) is 2.35. The highest BCUT2D eigenvalue weighted by Gasteiger charge is 1.99. The fraction of sp³-hybridized carbons (Fsp3) is 0.167. The van der Waals surface area contributed by atoms with Gasteiger partial charge in [0.05, 0.1) is 18.6 Å². The van der Waals surface area contributed by atoms with Crippen molar-refractivity contribution in [1.29, 1.82) is 0 Å². The number of aromatic nitrogens is 1. The number of nitrogens with two attached hydrogens (primary N) is 2. The van der Waals surface area contributed by atoms with Crippen LogP contribution in [0, 0.1) is 0 Å². The van der Waals surface area contributed by atoms with Crippen molar-refractivity contribution >= 4 is 40.0 Å². The number of thiazole rings is 1. The Bertz CT molecular complexity index is 424. The molecule has 1 atom stereocenters. The zero-order valence-electron chi connectivity index (χ0n) is 8.03. The molecule has 88 valence electrons. The zero-order valence-corrected chi connectivity index (χ0v) is 9.66. The summed E-state index contributed by atoms with van der Waals surface area (Å²) in [5.74, 6) is -0.0539. The maximum absolute atomic E-state index is 10.2. The van der Waals surface area contributed by atoms with Crippen LogP contribution >= 0.6 is 11.3 Å². The minimum atomic E-state index is -2.10. The van der Waals surface area contributed by atoms with E-state index in [4.69, 9.17) is 16.0 Å². The van der Waals surface area contributed by atoms with Crippen molar-refractivity contribution in [3.63, 3.8) is 0 Å². The summed E-state index contributed by atoms with van der Waals surface area (Å²) in [6.45, 7) is 0.278. The minimum absolute atomic E-state index is 0.0539. The van der Waals surface area contributed by atoms with Crippen molar-refractivity contribution < 1.29 is 8.76 Å². The largest absolute Gasteiger partial charge is 0.370 e. The second-order valence-corrected chi connectivity index (χ2v) is 4.07. The molecule has 1 unspecified atom stereocenters. The van der Waals surface area contributed by atoms with Gasteiger partial charge in [0.15, 0.2) is 5.96 Å². The molecule has 1 aromatic rings. The van der Waals surface area contributed by atoms with E-state index in [2.05, 4.69) is 19.7 Å². The number of hydrogen-bond donors (Lipinski definition) is 4. The summed E-state index contributed by atoms with van der Waals surface area (Å²) in [6.07, 6.45) is 1.13. The molecule has 0 aliphatic carbocycles. The van der Waals surface area contributed by atoms with Gasteiger partial charge in [-0.2, -0.15) is 4.99 Å². The summed E-state index contributed by atoms with van der Waals surface area (Å²) in [4.78, 5) is 11.6. The molecule has 0 saturated carbocycles. The number of rotatable bonds is 5. The number of nitrogens with one attached hydrogen (secondary N) is 1. The van der Waals surface area contributed by atoms with Crippen LogP contribution in [0.5, 0.6) is 0 Å². The van der Waals surface area contributed by atoms with Gasteiger partial charge in [-0.3, -0.25) is 14.3 Å². The number of guanidine groups is 1. The molecule has 0 spiro atoms. The first-order valence-corrected chi connectivity index (χ1v) is 5.96. The predicted octanol–water partition coefficient (Wildman–Crippen LogP) is -0.697. The number of aliphatic imine (C=N–C) groups is 2. The quantitative estimate of drug-likeness (QED) is 0.316. The van der Waals surface area contributed by atoms with Gasteiger partial charge in [0, 0.05) is 5.38 Å². The van der Waals surface area contributed by atoms with E-state index in [-0.39, 0.29) is 12.5 Å². The van der Waals surface area contributed by atoms with Gasteiger partial charge in [-0.15, -0.1) is 11.3 Å². The standard InChI is InChI=1S/C6H10N6O2S2/c7-5(8)12-6-11-4(2-15-6)1-9-3-10-16(13)14/h2-3H,1H2,(H,9,10)(H,13,14)(H4,7,8,11,12). The maximum atomic E-state index is 10.2. The third kappa shape index (κ3) is 4.82. The second kappa shape index (κ2) is 6.15. The van der Waals surface area contributed by atoms with Crippen LogP contribution in [-0.2, 0) is 17.8 Å². The highest BCUT2D eigenvalue weighted by atomic mass is 32.2. The smallest absolute Gasteiger partial charge is 0.259 e. The first kappa shape index (κ1) is 12.5. The van der Waals surface area contributed by atoms with Crippen LogP contribution in [0.15, 0.2) is 15.4 Å². The summed E-state index contributed by atoms with van der Waals surface area (Å²) < 4.78 is 20.6. The molecular formula is C6H10N6O2S2. The first-order chi connectivity index (χ1) is 7.58. The highest BCUT2D eigenvalue weighted by molar-refractivity contribution is 7.77. The Morgan fingerprint density at radius 1 is 1.75 bits per heavy atom. The van der Waals surface area contributed by atoms with Crippen molar-refractivity contribution in [2.24, 2.45) is 21.5 Å². The van der Waals surface area contributed by atoms with Crippen molar-refractivity contribution in [1.82, 2.24) is 9.71 Å². The molecule has 0 aliphatic rings. The Morgan fingerprint density at radius 3 is 3.12 bits per heavy atom. The van der Waals surface area contributed by atoms with Crippen molar-refractivity contribution in [2.75, 3.05) is 0 Å². The van der Waals surface area contributed by atoms with Gasteiger partial charge in [0.25, 0.3) is 11.3 Å². The predicted molar refractivity (Wildman–Crippen MR) is 63.7 cm³/mol. The topological polar surface area (TPSA) is 139 Å². The van der Waals surface area contributed by atoms with Crippen LogP contribution < -0.4 is 16.2 Å². The van der Waals surface area contributed by atoms with Crippen molar-refractivity contribution in [3.8, 4) is 0 Å². The molecule has 1 aromatic heterocycles. The van der Waals surface area contributed by atoms with Crippen molar-refractivity contribution in [2.45, 2.75) is 6.54 Å². The van der Waals surface area contributed by atoms with Gasteiger partial charge in [-0.25, -0.2) is 9.19 Å². The van der Waals surface area contributed by atoms with Crippen LogP contribution in [-0.4, -0.2) is 26.0 Å². The Balaban J connectivity index is 2.49. The average Bonchev–Trinajstić information content (AvgIpc) is 2.59. The minimum Gasteiger partial charge on any atom is -0.370 e. The van der Waals surface area contributed by atoms with Crippen LogP contribution in [0.4, 0.5) is 5.13 Å². The molecule has 0 bridgehead atoms. The Labute approximate surface area is 97.9 Å². The molecule has 0 aromatic carbocycles. The van der Waals surface area contributed by atoms with Gasteiger partial charge < -0.3 is 11.5 Å². The van der Waals surface area contributed by atoms with E-state index in [1.807, 2.05) is 0 Å². The lowest BCUT2D eigenvalue weighted by Gasteiger charge is -1.90. The molecule has 8 nitrogen and oxygen atoms in total. The molecule has 0 aliphatic heterocycles. The van der Waals surface area contributed by atoms with Crippen LogP contribution in [0.1, 0.15) is 5.69 Å². The Kier molecular flexibility index (Phi) is 4.82. The van der Waals surface area contributed by atoms with Crippen LogP contribution in [0.2, 0.25) is 0 Å². The monoisotopic (exact) mass is 262 g/mol. The Hall–Kier alpha value is -1.52. The molecule has 0 saturated heterocycles. The molecule has 16 heavy (non-hydrogen) atoms. The van der Waals surface area contributed by atoms with E-state index in [1.54, 1.807) is 5.38 Å². The molecule has 0 fully saturated rings. The first-order valence-electron chi connectivity index (χ1n) is 3.97. The lowest BCUT2D eigenvalue weighted by molar-refractivity contribution is 0.561. The zero-order chi connectivity index (χ0) is 12.0. The summed E-state index contributed by atoms with van der Waals surface area (Å²) in [7, 11) is 0. The molecule has 0 amide bonds. The third-order valence-electron chi connectivity index (χ3n) is 1.26. The van der Waals surface area contributed by atoms with Gasteiger partial charge in [0.1, 0.15) is 0 Å². The van der Waals surface area contributed by atoms with E-state index >= 15 is 0 Å². The van der Waals surface area contributed by atoms with E-state index in [9.17, 15) is 4.21 Å². The lowest BCUT2D eigenvalue weighted by atomic mass is 10.5. The van der Waals surface area contributed by atoms with Crippen LogP contribution in [0.3, 0.4) is 0 Å². The van der Waals surface area contributed by atoms with Gasteiger partial charge in [0.2, 0.25) is 5.13 Å². The van der Waals surface area contributed by atoms with E-state index in [1.165, 1.54) is 11.3 Å². The van der Waals surface area contributed by atoms with E-state index < -0.39 is 11.3 Å². The van der Waals surface area contributed by atoms with Gasteiger partial charge in [-0.05, 0) is 0 Å². The summed E-state index contributed by atoms with van der Waals surface area (Å²) in [6, 6.07) is 0. The Morgan fingerprint density at radius 2 is 2.50 bits per heavy atom. The highest BCUT2D eigenvalue weighted by Crippen LogP contribution is 2.18. The fourth-order valence-corrected chi connectivity index (χ4v) is 1.61.